The molecule has 1 saturated heterocycles. The topological polar surface area (TPSA) is 43.8 Å². The molecule has 1 N–H and O–H groups in total. The molecule has 0 bridgehead atoms. The third-order valence-corrected chi connectivity index (χ3v) is 5.60. The molecule has 3 rings (SSSR count). The Bertz CT molecular complexity index is 670. The molecule has 0 spiro atoms. The Morgan fingerprint density at radius 3 is 1.89 bits per heavy atom. The summed E-state index contributed by atoms with van der Waals surface area (Å²) in [5, 5.41) is 9.17. The van der Waals surface area contributed by atoms with Gasteiger partial charge in [-0.25, -0.2) is 0 Å². The van der Waals surface area contributed by atoms with Gasteiger partial charge in [-0.2, -0.15) is 0 Å². The van der Waals surface area contributed by atoms with E-state index in [1.165, 1.54) is 0 Å². The van der Waals surface area contributed by atoms with Crippen molar-refractivity contribution in [1.82, 2.24) is 9.80 Å². The number of amides is 1. The van der Waals surface area contributed by atoms with Crippen LogP contribution in [0.4, 0.5) is 0 Å². The molecule has 0 atom stereocenters. The predicted octanol–water partition coefficient (Wildman–Crippen LogP) is 2.91. The van der Waals surface area contributed by atoms with Gasteiger partial charge in [-0.1, -0.05) is 74.0 Å². The second-order valence-corrected chi connectivity index (χ2v) is 7.24. The van der Waals surface area contributed by atoms with Gasteiger partial charge in [0.05, 0.1) is 12.0 Å². The van der Waals surface area contributed by atoms with Crippen LogP contribution < -0.4 is 0 Å². The number of rotatable bonds is 7. The summed E-state index contributed by atoms with van der Waals surface area (Å²) in [5.74, 6) is 0.199. The van der Waals surface area contributed by atoms with Gasteiger partial charge in [0.15, 0.2) is 0 Å². The maximum Gasteiger partial charge on any atom is 0.237 e. The fourth-order valence-electron chi connectivity index (χ4n) is 4.22. The number of hydrogen-bond acceptors (Lipinski definition) is 3. The summed E-state index contributed by atoms with van der Waals surface area (Å²) >= 11 is 0. The Balaban J connectivity index is 1.98. The largest absolute Gasteiger partial charge is 0.395 e. The molecule has 1 heterocycles. The minimum absolute atomic E-state index is 0.168. The van der Waals surface area contributed by atoms with Crippen molar-refractivity contribution in [2.75, 3.05) is 39.3 Å². The van der Waals surface area contributed by atoms with E-state index < -0.39 is 5.41 Å². The fourth-order valence-corrected chi connectivity index (χ4v) is 4.22. The van der Waals surface area contributed by atoms with Crippen molar-refractivity contribution in [1.29, 1.82) is 0 Å². The third kappa shape index (κ3) is 4.07. The molecular weight excluding hydrogens is 336 g/mol. The minimum Gasteiger partial charge on any atom is -0.395 e. The number of β-amino-alcohol motifs (C(OH)–C–C–N with tert-alkyl or cyclic N) is 1. The van der Waals surface area contributed by atoms with Crippen LogP contribution in [-0.4, -0.2) is 60.1 Å². The lowest BCUT2D eigenvalue weighted by Gasteiger charge is -2.42. The SMILES string of the molecule is CCCC(C(=O)N1CCN(CCO)CC1)(c1ccccc1)c1ccccc1. The summed E-state index contributed by atoms with van der Waals surface area (Å²) in [6.07, 6.45) is 1.72. The van der Waals surface area contributed by atoms with Crippen molar-refractivity contribution >= 4 is 5.91 Å². The Labute approximate surface area is 162 Å². The second-order valence-electron chi connectivity index (χ2n) is 7.24. The standard InChI is InChI=1S/C23H30N2O2/c1-2-13-23(20-9-5-3-6-10-20,21-11-7-4-8-12-21)22(27)25-16-14-24(15-17-25)18-19-26/h3-12,26H,2,13-19H2,1H3. The van der Waals surface area contributed by atoms with E-state index in [2.05, 4.69) is 36.1 Å². The normalized spacial score (nSPS) is 15.7. The summed E-state index contributed by atoms with van der Waals surface area (Å²) in [5.41, 5.74) is 1.50. The molecule has 0 unspecified atom stereocenters. The van der Waals surface area contributed by atoms with Crippen LogP contribution in [0.1, 0.15) is 30.9 Å². The van der Waals surface area contributed by atoms with Gasteiger partial charge in [0.25, 0.3) is 0 Å². The predicted molar refractivity (Wildman–Crippen MR) is 109 cm³/mol. The van der Waals surface area contributed by atoms with Gasteiger partial charge in [0.2, 0.25) is 5.91 Å². The number of carbonyl (C=O) groups excluding carboxylic acids is 1. The smallest absolute Gasteiger partial charge is 0.237 e. The molecule has 1 fully saturated rings. The van der Waals surface area contributed by atoms with Gasteiger partial charge in [0, 0.05) is 32.7 Å². The summed E-state index contributed by atoms with van der Waals surface area (Å²) in [4.78, 5) is 18.2. The van der Waals surface area contributed by atoms with Gasteiger partial charge in [-0.05, 0) is 17.5 Å². The zero-order valence-corrected chi connectivity index (χ0v) is 16.2. The molecule has 2 aromatic rings. The molecule has 1 amide bonds. The number of benzene rings is 2. The summed E-state index contributed by atoms with van der Waals surface area (Å²) in [7, 11) is 0. The highest BCUT2D eigenvalue weighted by atomic mass is 16.3. The lowest BCUT2D eigenvalue weighted by molar-refractivity contribution is -0.138. The molecule has 0 aliphatic carbocycles. The van der Waals surface area contributed by atoms with Crippen LogP contribution in [0.2, 0.25) is 0 Å². The van der Waals surface area contributed by atoms with Crippen molar-refractivity contribution in [3.8, 4) is 0 Å². The van der Waals surface area contributed by atoms with E-state index in [1.54, 1.807) is 0 Å². The van der Waals surface area contributed by atoms with Crippen LogP contribution in [0.5, 0.6) is 0 Å². The summed E-state index contributed by atoms with van der Waals surface area (Å²) < 4.78 is 0. The van der Waals surface area contributed by atoms with E-state index in [-0.39, 0.29) is 12.5 Å². The van der Waals surface area contributed by atoms with E-state index >= 15 is 0 Å². The maximum absolute atomic E-state index is 13.9. The van der Waals surface area contributed by atoms with Crippen LogP contribution in [0.25, 0.3) is 0 Å². The molecule has 4 nitrogen and oxygen atoms in total. The Kier molecular flexibility index (Phi) is 6.64. The lowest BCUT2D eigenvalue weighted by Crippen LogP contribution is -2.55. The fraction of sp³-hybridized carbons (Fsp3) is 0.435. The van der Waals surface area contributed by atoms with E-state index in [0.29, 0.717) is 19.6 Å². The first kappa shape index (κ1) is 19.6. The number of aliphatic hydroxyl groups excluding tert-OH is 1. The van der Waals surface area contributed by atoms with E-state index in [1.807, 2.05) is 41.3 Å². The van der Waals surface area contributed by atoms with Crippen molar-refractivity contribution in [2.24, 2.45) is 0 Å². The molecule has 0 radical (unpaired) electrons. The Morgan fingerprint density at radius 1 is 0.926 bits per heavy atom. The van der Waals surface area contributed by atoms with Crippen molar-refractivity contribution in [2.45, 2.75) is 25.2 Å². The molecule has 4 heteroatoms. The molecule has 1 aliphatic rings. The molecule has 144 valence electrons. The third-order valence-electron chi connectivity index (χ3n) is 5.60. The van der Waals surface area contributed by atoms with Gasteiger partial charge in [0.1, 0.15) is 0 Å². The molecule has 27 heavy (non-hydrogen) atoms. The number of aliphatic hydroxyl groups is 1. The Hall–Kier alpha value is -2.17. The van der Waals surface area contributed by atoms with Crippen molar-refractivity contribution in [3.05, 3.63) is 71.8 Å². The monoisotopic (exact) mass is 366 g/mol. The highest BCUT2D eigenvalue weighted by molar-refractivity contribution is 5.92. The quantitative estimate of drug-likeness (QED) is 0.819. The average Bonchev–Trinajstić information content (AvgIpc) is 2.74. The first-order chi connectivity index (χ1) is 13.2. The summed E-state index contributed by atoms with van der Waals surface area (Å²) in [6, 6.07) is 20.4. The van der Waals surface area contributed by atoms with Crippen LogP contribution in [0.15, 0.2) is 60.7 Å². The van der Waals surface area contributed by atoms with Gasteiger partial charge in [-0.3, -0.25) is 9.69 Å². The van der Waals surface area contributed by atoms with Crippen molar-refractivity contribution < 1.29 is 9.90 Å². The summed E-state index contributed by atoms with van der Waals surface area (Å²) in [6.45, 7) is 6.05. The zero-order valence-electron chi connectivity index (χ0n) is 16.2. The van der Waals surface area contributed by atoms with E-state index in [9.17, 15) is 4.79 Å². The van der Waals surface area contributed by atoms with Crippen LogP contribution in [0.3, 0.4) is 0 Å². The van der Waals surface area contributed by atoms with E-state index in [4.69, 9.17) is 5.11 Å². The van der Waals surface area contributed by atoms with Crippen molar-refractivity contribution in [3.63, 3.8) is 0 Å². The number of nitrogens with zero attached hydrogens (tertiary/aromatic N) is 2. The highest BCUT2D eigenvalue weighted by Crippen LogP contribution is 2.39. The molecule has 1 aliphatic heterocycles. The molecule has 0 aromatic heterocycles. The first-order valence-electron chi connectivity index (χ1n) is 9.96. The molecular formula is C23H30N2O2. The van der Waals surface area contributed by atoms with Gasteiger partial charge < -0.3 is 10.0 Å². The Morgan fingerprint density at radius 2 is 1.44 bits per heavy atom. The number of carbonyl (C=O) groups is 1. The van der Waals surface area contributed by atoms with Gasteiger partial charge >= 0.3 is 0 Å². The molecule has 2 aromatic carbocycles. The van der Waals surface area contributed by atoms with E-state index in [0.717, 1.165) is 37.1 Å². The average molecular weight is 367 g/mol. The second kappa shape index (κ2) is 9.16. The zero-order chi connectivity index (χ0) is 19.1. The lowest BCUT2D eigenvalue weighted by atomic mass is 9.70. The van der Waals surface area contributed by atoms with Crippen LogP contribution in [-0.2, 0) is 10.2 Å². The first-order valence-corrected chi connectivity index (χ1v) is 9.96. The van der Waals surface area contributed by atoms with Crippen LogP contribution >= 0.6 is 0 Å². The minimum atomic E-state index is -0.642. The van der Waals surface area contributed by atoms with Gasteiger partial charge in [-0.15, -0.1) is 0 Å². The highest BCUT2D eigenvalue weighted by Gasteiger charge is 2.44. The number of piperazine rings is 1. The molecule has 0 saturated carbocycles. The number of hydrogen-bond donors (Lipinski definition) is 1. The maximum atomic E-state index is 13.9. The van der Waals surface area contributed by atoms with Crippen LogP contribution in [0, 0.1) is 0 Å².